The summed E-state index contributed by atoms with van der Waals surface area (Å²) in [6.45, 7) is 4.30. The lowest BCUT2D eigenvalue weighted by Crippen LogP contribution is -2.50. The first kappa shape index (κ1) is 8.27. The van der Waals surface area contributed by atoms with Crippen molar-refractivity contribution >= 4 is 5.91 Å². The zero-order valence-electron chi connectivity index (χ0n) is 6.51. The molecule has 1 saturated heterocycles. The normalized spacial score (nSPS) is 22.2. The van der Waals surface area contributed by atoms with Crippen molar-refractivity contribution in [2.45, 2.75) is 25.5 Å². The Bertz CT molecular complexity index is 148. The molecule has 0 radical (unpaired) electrons. The van der Waals surface area contributed by atoms with Crippen molar-refractivity contribution in [3.8, 4) is 0 Å². The van der Waals surface area contributed by atoms with Crippen molar-refractivity contribution < 1.29 is 9.53 Å². The predicted molar refractivity (Wildman–Crippen MR) is 41.9 cm³/mol. The molecule has 11 heavy (non-hydrogen) atoms. The molecule has 1 rings (SSSR count). The van der Waals surface area contributed by atoms with Crippen LogP contribution >= 0.6 is 0 Å². The summed E-state index contributed by atoms with van der Waals surface area (Å²) in [6.07, 6.45) is 4.32. The second-order valence-corrected chi connectivity index (χ2v) is 2.56. The number of hydrogen-bond acceptors (Lipinski definition) is 2. The van der Waals surface area contributed by atoms with Crippen LogP contribution in [0, 0.1) is 0 Å². The van der Waals surface area contributed by atoms with Crippen LogP contribution < -0.4 is 5.32 Å². The predicted octanol–water partition coefficient (Wildman–Crippen LogP) is 0.815. The zero-order valence-corrected chi connectivity index (χ0v) is 6.51. The lowest BCUT2D eigenvalue weighted by molar-refractivity contribution is -0.140. The van der Waals surface area contributed by atoms with Gasteiger partial charge in [0.1, 0.15) is 6.23 Å². The molecule has 1 aliphatic rings. The standard InChI is InChI=1S/C8H13NO2/c1-2-3-4-5-11-8-6-7(10)9-8/h2,8H,1,3-6H2,(H,9,10). The zero-order chi connectivity index (χ0) is 8.10. The van der Waals surface area contributed by atoms with Gasteiger partial charge in [0.05, 0.1) is 6.42 Å². The monoisotopic (exact) mass is 155 g/mol. The van der Waals surface area contributed by atoms with E-state index >= 15 is 0 Å². The Morgan fingerprint density at radius 1 is 1.82 bits per heavy atom. The Kier molecular flexibility index (Phi) is 3.11. The van der Waals surface area contributed by atoms with Crippen LogP contribution in [0.1, 0.15) is 19.3 Å². The number of amides is 1. The molecule has 0 spiro atoms. The van der Waals surface area contributed by atoms with E-state index in [0.717, 1.165) is 12.8 Å². The molecule has 0 bridgehead atoms. The third kappa shape index (κ3) is 2.72. The fourth-order valence-corrected chi connectivity index (χ4v) is 0.881. The summed E-state index contributed by atoms with van der Waals surface area (Å²) in [7, 11) is 0. The van der Waals surface area contributed by atoms with Crippen molar-refractivity contribution in [3.63, 3.8) is 0 Å². The van der Waals surface area contributed by atoms with Crippen molar-refractivity contribution in [1.82, 2.24) is 5.32 Å². The Morgan fingerprint density at radius 3 is 3.09 bits per heavy atom. The van der Waals surface area contributed by atoms with Gasteiger partial charge >= 0.3 is 0 Å². The molecule has 0 aromatic rings. The number of carbonyl (C=O) groups excluding carboxylic acids is 1. The maximum Gasteiger partial charge on any atom is 0.226 e. The second kappa shape index (κ2) is 4.13. The van der Waals surface area contributed by atoms with E-state index in [9.17, 15) is 4.79 Å². The minimum absolute atomic E-state index is 0.0210. The van der Waals surface area contributed by atoms with E-state index in [1.165, 1.54) is 0 Å². The molecule has 1 N–H and O–H groups in total. The molecule has 0 aliphatic carbocycles. The smallest absolute Gasteiger partial charge is 0.226 e. The molecule has 1 unspecified atom stereocenters. The topological polar surface area (TPSA) is 38.3 Å². The number of allylic oxidation sites excluding steroid dienone is 1. The van der Waals surface area contributed by atoms with E-state index in [0.29, 0.717) is 13.0 Å². The van der Waals surface area contributed by atoms with Crippen LogP contribution in [0.5, 0.6) is 0 Å². The number of carbonyl (C=O) groups is 1. The Morgan fingerprint density at radius 2 is 2.55 bits per heavy atom. The summed E-state index contributed by atoms with van der Waals surface area (Å²) in [4.78, 5) is 10.4. The summed E-state index contributed by atoms with van der Waals surface area (Å²) in [6, 6.07) is 0. The van der Waals surface area contributed by atoms with Gasteiger partial charge in [0.15, 0.2) is 0 Å². The summed E-state index contributed by atoms with van der Waals surface area (Å²) in [5.41, 5.74) is 0. The first-order valence-corrected chi connectivity index (χ1v) is 3.85. The number of nitrogens with one attached hydrogen (secondary N) is 1. The Labute approximate surface area is 66.4 Å². The number of β-lactam (4-membered cyclic amide) rings is 1. The molecule has 0 aromatic carbocycles. The molecule has 1 fully saturated rings. The van der Waals surface area contributed by atoms with Gasteiger partial charge in [-0.25, -0.2) is 0 Å². The van der Waals surface area contributed by atoms with Gasteiger partial charge in [-0.1, -0.05) is 6.08 Å². The van der Waals surface area contributed by atoms with Crippen LogP contribution in [0.4, 0.5) is 0 Å². The first-order valence-electron chi connectivity index (χ1n) is 3.85. The van der Waals surface area contributed by atoms with Crippen molar-refractivity contribution in [2.75, 3.05) is 6.61 Å². The first-order chi connectivity index (χ1) is 5.33. The number of ether oxygens (including phenoxy) is 1. The van der Waals surface area contributed by atoms with Gasteiger partial charge in [0.25, 0.3) is 0 Å². The van der Waals surface area contributed by atoms with E-state index in [1.807, 2.05) is 6.08 Å². The SMILES string of the molecule is C=CCCCOC1CC(=O)N1. The number of unbranched alkanes of at least 4 members (excludes halogenated alkanes) is 1. The molecular formula is C8H13NO2. The average Bonchev–Trinajstić information content (AvgIpc) is 1.94. The molecule has 1 aliphatic heterocycles. The van der Waals surface area contributed by atoms with E-state index < -0.39 is 0 Å². The van der Waals surface area contributed by atoms with E-state index in [4.69, 9.17) is 4.74 Å². The summed E-state index contributed by atoms with van der Waals surface area (Å²) in [5, 5.41) is 2.63. The lowest BCUT2D eigenvalue weighted by Gasteiger charge is -2.26. The highest BCUT2D eigenvalue weighted by Crippen LogP contribution is 2.06. The summed E-state index contributed by atoms with van der Waals surface area (Å²) >= 11 is 0. The molecule has 1 heterocycles. The highest BCUT2D eigenvalue weighted by molar-refractivity contribution is 5.82. The molecule has 1 amide bonds. The lowest BCUT2D eigenvalue weighted by atomic mass is 10.2. The van der Waals surface area contributed by atoms with Crippen LogP contribution in [0.25, 0.3) is 0 Å². The van der Waals surface area contributed by atoms with Gasteiger partial charge < -0.3 is 10.1 Å². The fourth-order valence-electron chi connectivity index (χ4n) is 0.881. The molecule has 0 aromatic heterocycles. The van der Waals surface area contributed by atoms with Crippen LogP contribution in [-0.4, -0.2) is 18.7 Å². The van der Waals surface area contributed by atoms with Gasteiger partial charge in [-0.3, -0.25) is 4.79 Å². The van der Waals surface area contributed by atoms with E-state index in [2.05, 4.69) is 11.9 Å². The van der Waals surface area contributed by atoms with Crippen LogP contribution in [-0.2, 0) is 9.53 Å². The Hall–Kier alpha value is -0.830. The number of rotatable bonds is 5. The molecule has 62 valence electrons. The second-order valence-electron chi connectivity index (χ2n) is 2.56. The van der Waals surface area contributed by atoms with Gasteiger partial charge in [-0.05, 0) is 12.8 Å². The minimum atomic E-state index is -0.0210. The van der Waals surface area contributed by atoms with Crippen LogP contribution in [0.15, 0.2) is 12.7 Å². The molecule has 1 atom stereocenters. The maximum atomic E-state index is 10.4. The molecule has 0 saturated carbocycles. The van der Waals surface area contributed by atoms with Crippen LogP contribution in [0.2, 0.25) is 0 Å². The van der Waals surface area contributed by atoms with Crippen molar-refractivity contribution in [3.05, 3.63) is 12.7 Å². The molecule has 3 heteroatoms. The average molecular weight is 155 g/mol. The Balaban J connectivity index is 1.88. The van der Waals surface area contributed by atoms with Gasteiger partial charge in [0.2, 0.25) is 5.91 Å². The summed E-state index contributed by atoms with van der Waals surface area (Å²) in [5.74, 6) is 0.0821. The third-order valence-corrected chi connectivity index (χ3v) is 1.56. The number of hydrogen-bond donors (Lipinski definition) is 1. The highest BCUT2D eigenvalue weighted by atomic mass is 16.5. The van der Waals surface area contributed by atoms with Crippen molar-refractivity contribution in [2.24, 2.45) is 0 Å². The maximum absolute atomic E-state index is 10.4. The largest absolute Gasteiger partial charge is 0.358 e. The van der Waals surface area contributed by atoms with Gasteiger partial charge in [-0.2, -0.15) is 0 Å². The fraction of sp³-hybridized carbons (Fsp3) is 0.625. The van der Waals surface area contributed by atoms with E-state index in [-0.39, 0.29) is 12.1 Å². The third-order valence-electron chi connectivity index (χ3n) is 1.56. The van der Waals surface area contributed by atoms with Gasteiger partial charge in [0, 0.05) is 6.61 Å². The van der Waals surface area contributed by atoms with E-state index in [1.54, 1.807) is 0 Å². The van der Waals surface area contributed by atoms with Crippen LogP contribution in [0.3, 0.4) is 0 Å². The molecular weight excluding hydrogens is 142 g/mol. The summed E-state index contributed by atoms with van der Waals surface area (Å²) < 4.78 is 5.27. The quantitative estimate of drug-likeness (QED) is 0.362. The molecule has 3 nitrogen and oxygen atoms in total. The van der Waals surface area contributed by atoms with Gasteiger partial charge in [-0.15, -0.1) is 6.58 Å². The van der Waals surface area contributed by atoms with Crippen molar-refractivity contribution in [1.29, 1.82) is 0 Å². The minimum Gasteiger partial charge on any atom is -0.358 e. The highest BCUT2D eigenvalue weighted by Gasteiger charge is 2.24.